The average Bonchev–Trinajstić information content (AvgIpc) is 2.33. The van der Waals surface area contributed by atoms with E-state index in [1.165, 1.54) is 19.3 Å². The second kappa shape index (κ2) is 6.35. The molecule has 0 unspecified atom stereocenters. The smallest absolute Gasteiger partial charge is 0.238 e. The number of carbonyl (C=O) groups is 1. The van der Waals surface area contributed by atoms with E-state index in [1.54, 1.807) is 0 Å². The van der Waals surface area contributed by atoms with Gasteiger partial charge in [-0.25, -0.2) is 0 Å². The van der Waals surface area contributed by atoms with E-state index in [0.29, 0.717) is 6.54 Å². The van der Waals surface area contributed by atoms with E-state index in [9.17, 15) is 4.79 Å². The molecule has 0 saturated carbocycles. The number of halogens is 1. The van der Waals surface area contributed by atoms with E-state index in [0.717, 1.165) is 22.3 Å². The number of piperidine rings is 1. The normalized spacial score (nSPS) is 16.8. The number of hydrogen-bond donors (Lipinski definition) is 1. The minimum Gasteiger partial charge on any atom is -0.324 e. The first-order valence-electron chi connectivity index (χ1n) is 6.02. The van der Waals surface area contributed by atoms with E-state index >= 15 is 0 Å². The van der Waals surface area contributed by atoms with Crippen LogP contribution in [0.5, 0.6) is 0 Å². The SMILES string of the molecule is O=C(CN1CCCCC1)Nc1ccccc1I. The van der Waals surface area contributed by atoms with Crippen molar-refractivity contribution in [3.63, 3.8) is 0 Å². The van der Waals surface area contributed by atoms with Crippen molar-refractivity contribution in [2.45, 2.75) is 19.3 Å². The van der Waals surface area contributed by atoms with Crippen molar-refractivity contribution in [3.8, 4) is 0 Å². The molecule has 4 heteroatoms. The predicted octanol–water partition coefficient (Wildman–Crippen LogP) is 2.72. The van der Waals surface area contributed by atoms with Crippen molar-refractivity contribution < 1.29 is 4.79 Å². The van der Waals surface area contributed by atoms with Crippen molar-refractivity contribution in [1.29, 1.82) is 0 Å². The number of nitrogens with one attached hydrogen (secondary N) is 1. The van der Waals surface area contributed by atoms with Gasteiger partial charge in [-0.15, -0.1) is 0 Å². The number of nitrogens with zero attached hydrogens (tertiary/aromatic N) is 1. The maximum Gasteiger partial charge on any atom is 0.238 e. The molecule has 1 fully saturated rings. The lowest BCUT2D eigenvalue weighted by Gasteiger charge is -2.25. The molecule has 1 aromatic rings. The van der Waals surface area contributed by atoms with Gasteiger partial charge < -0.3 is 5.32 Å². The van der Waals surface area contributed by atoms with Gasteiger partial charge in [0.2, 0.25) is 5.91 Å². The van der Waals surface area contributed by atoms with Gasteiger partial charge in [-0.3, -0.25) is 9.69 Å². The molecule has 0 aliphatic carbocycles. The summed E-state index contributed by atoms with van der Waals surface area (Å²) in [6, 6.07) is 7.85. The number of carbonyl (C=O) groups excluding carboxylic acids is 1. The quantitative estimate of drug-likeness (QED) is 0.856. The molecule has 2 rings (SSSR count). The minimum atomic E-state index is 0.0935. The number of amides is 1. The second-order valence-electron chi connectivity index (χ2n) is 4.36. The van der Waals surface area contributed by atoms with E-state index < -0.39 is 0 Å². The van der Waals surface area contributed by atoms with Crippen molar-refractivity contribution in [2.24, 2.45) is 0 Å². The third kappa shape index (κ3) is 3.96. The lowest BCUT2D eigenvalue weighted by Crippen LogP contribution is -2.36. The highest BCUT2D eigenvalue weighted by Crippen LogP contribution is 2.17. The highest BCUT2D eigenvalue weighted by atomic mass is 127. The standard InChI is InChI=1S/C13H17IN2O/c14-11-6-2-3-7-12(11)15-13(17)10-16-8-4-1-5-9-16/h2-3,6-7H,1,4-5,8-10H2,(H,15,17). The molecule has 0 radical (unpaired) electrons. The fourth-order valence-electron chi connectivity index (χ4n) is 2.07. The molecule has 1 N–H and O–H groups in total. The highest BCUT2D eigenvalue weighted by molar-refractivity contribution is 14.1. The van der Waals surface area contributed by atoms with Gasteiger partial charge in [0.05, 0.1) is 12.2 Å². The molecule has 1 aliphatic heterocycles. The maximum absolute atomic E-state index is 11.9. The molecule has 1 amide bonds. The number of rotatable bonds is 3. The minimum absolute atomic E-state index is 0.0935. The number of anilines is 1. The summed E-state index contributed by atoms with van der Waals surface area (Å²) in [6.07, 6.45) is 3.74. The summed E-state index contributed by atoms with van der Waals surface area (Å²) in [4.78, 5) is 14.1. The predicted molar refractivity (Wildman–Crippen MR) is 78.1 cm³/mol. The second-order valence-corrected chi connectivity index (χ2v) is 5.53. The topological polar surface area (TPSA) is 32.3 Å². The monoisotopic (exact) mass is 344 g/mol. The van der Waals surface area contributed by atoms with Gasteiger partial charge in [0.15, 0.2) is 0 Å². The van der Waals surface area contributed by atoms with Gasteiger partial charge in [0.1, 0.15) is 0 Å². The molecule has 1 saturated heterocycles. The lowest BCUT2D eigenvalue weighted by atomic mass is 10.1. The number of likely N-dealkylation sites (tertiary alicyclic amines) is 1. The molecule has 1 aromatic carbocycles. The van der Waals surface area contributed by atoms with Gasteiger partial charge in [0, 0.05) is 3.57 Å². The summed E-state index contributed by atoms with van der Waals surface area (Å²) in [5, 5.41) is 2.97. The van der Waals surface area contributed by atoms with Crippen LogP contribution in [-0.2, 0) is 4.79 Å². The van der Waals surface area contributed by atoms with Crippen LogP contribution in [0.15, 0.2) is 24.3 Å². The zero-order valence-corrected chi connectivity index (χ0v) is 11.9. The zero-order valence-electron chi connectivity index (χ0n) is 9.79. The number of hydrogen-bond acceptors (Lipinski definition) is 2. The van der Waals surface area contributed by atoms with Crippen molar-refractivity contribution in [1.82, 2.24) is 4.90 Å². The number of benzene rings is 1. The first-order valence-corrected chi connectivity index (χ1v) is 7.10. The summed E-state index contributed by atoms with van der Waals surface area (Å²) in [6.45, 7) is 2.63. The molecule has 0 aromatic heterocycles. The van der Waals surface area contributed by atoms with Crippen LogP contribution in [-0.4, -0.2) is 30.4 Å². The lowest BCUT2D eigenvalue weighted by molar-refractivity contribution is -0.117. The molecular weight excluding hydrogens is 327 g/mol. The molecule has 1 heterocycles. The summed E-state index contributed by atoms with van der Waals surface area (Å²) in [5.74, 6) is 0.0935. The summed E-state index contributed by atoms with van der Waals surface area (Å²) >= 11 is 2.24. The Labute approximate surface area is 116 Å². The molecule has 0 atom stereocenters. The summed E-state index contributed by atoms with van der Waals surface area (Å²) in [7, 11) is 0. The van der Waals surface area contributed by atoms with Crippen LogP contribution in [0.3, 0.4) is 0 Å². The van der Waals surface area contributed by atoms with E-state index in [-0.39, 0.29) is 5.91 Å². The van der Waals surface area contributed by atoms with E-state index in [1.807, 2.05) is 24.3 Å². The molecule has 92 valence electrons. The fourth-order valence-corrected chi connectivity index (χ4v) is 2.60. The molecule has 0 bridgehead atoms. The molecule has 3 nitrogen and oxygen atoms in total. The Hall–Kier alpha value is -0.620. The Morgan fingerprint density at radius 2 is 1.94 bits per heavy atom. The van der Waals surface area contributed by atoms with Crippen LogP contribution in [0.4, 0.5) is 5.69 Å². The maximum atomic E-state index is 11.9. The van der Waals surface area contributed by atoms with Crippen LogP contribution >= 0.6 is 22.6 Å². The van der Waals surface area contributed by atoms with Gasteiger partial charge in [-0.1, -0.05) is 18.6 Å². The van der Waals surface area contributed by atoms with Crippen LogP contribution in [0.25, 0.3) is 0 Å². The molecule has 0 spiro atoms. The average molecular weight is 344 g/mol. The summed E-state index contributed by atoms with van der Waals surface area (Å²) < 4.78 is 1.08. The van der Waals surface area contributed by atoms with Crippen molar-refractivity contribution >= 4 is 34.2 Å². The van der Waals surface area contributed by atoms with Crippen LogP contribution in [0.2, 0.25) is 0 Å². The fraction of sp³-hybridized carbons (Fsp3) is 0.462. The van der Waals surface area contributed by atoms with Crippen LogP contribution in [0.1, 0.15) is 19.3 Å². The Morgan fingerprint density at radius 1 is 1.24 bits per heavy atom. The third-order valence-corrected chi connectivity index (χ3v) is 3.90. The molecular formula is C13H17IN2O. The van der Waals surface area contributed by atoms with Gasteiger partial charge in [0.25, 0.3) is 0 Å². The van der Waals surface area contributed by atoms with Crippen molar-refractivity contribution in [2.75, 3.05) is 25.0 Å². The Morgan fingerprint density at radius 3 is 2.65 bits per heavy atom. The van der Waals surface area contributed by atoms with E-state index in [4.69, 9.17) is 0 Å². The first kappa shape index (κ1) is 12.8. The Bertz CT molecular complexity index is 389. The van der Waals surface area contributed by atoms with Crippen LogP contribution in [0, 0.1) is 3.57 Å². The molecule has 1 aliphatic rings. The third-order valence-electron chi connectivity index (χ3n) is 2.96. The van der Waals surface area contributed by atoms with Crippen LogP contribution < -0.4 is 5.32 Å². The largest absolute Gasteiger partial charge is 0.324 e. The zero-order chi connectivity index (χ0) is 12.1. The Kier molecular flexibility index (Phi) is 4.79. The summed E-state index contributed by atoms with van der Waals surface area (Å²) in [5.41, 5.74) is 0.912. The van der Waals surface area contributed by atoms with Gasteiger partial charge in [-0.2, -0.15) is 0 Å². The molecule has 17 heavy (non-hydrogen) atoms. The highest BCUT2D eigenvalue weighted by Gasteiger charge is 2.14. The number of para-hydroxylation sites is 1. The first-order chi connectivity index (χ1) is 8.25. The van der Waals surface area contributed by atoms with Gasteiger partial charge >= 0.3 is 0 Å². The Balaban J connectivity index is 1.86. The van der Waals surface area contributed by atoms with Crippen molar-refractivity contribution in [3.05, 3.63) is 27.8 Å². The van der Waals surface area contributed by atoms with E-state index in [2.05, 4.69) is 32.8 Å². The van der Waals surface area contributed by atoms with Gasteiger partial charge in [-0.05, 0) is 60.7 Å².